The van der Waals surface area contributed by atoms with Gasteiger partial charge in [0.05, 0.1) is 6.04 Å². The molecule has 5 nitrogen and oxygen atoms in total. The molecule has 0 saturated heterocycles. The number of rotatable bonds is 6. The molecular formula is C12H22N2O3. The summed E-state index contributed by atoms with van der Waals surface area (Å²) in [4.78, 5) is 21.9. The molecule has 1 aliphatic carbocycles. The zero-order valence-electron chi connectivity index (χ0n) is 10.3. The normalized spacial score (nSPS) is 25.5. The summed E-state index contributed by atoms with van der Waals surface area (Å²) < 4.78 is 0. The van der Waals surface area contributed by atoms with E-state index in [0.29, 0.717) is 12.5 Å². The molecule has 5 heteroatoms. The fourth-order valence-corrected chi connectivity index (χ4v) is 2.30. The SMILES string of the molecule is CC1CCC(CNC(=O)C(N)CCC(=O)O)C1. The van der Waals surface area contributed by atoms with E-state index in [0.717, 1.165) is 18.8 Å². The van der Waals surface area contributed by atoms with E-state index in [-0.39, 0.29) is 18.7 Å². The predicted octanol–water partition coefficient (Wildman–Crippen LogP) is 0.731. The Morgan fingerprint density at radius 3 is 2.71 bits per heavy atom. The second-order valence-corrected chi connectivity index (χ2v) is 5.07. The molecule has 0 aromatic carbocycles. The highest BCUT2D eigenvalue weighted by Gasteiger charge is 2.22. The van der Waals surface area contributed by atoms with E-state index >= 15 is 0 Å². The van der Waals surface area contributed by atoms with Crippen LogP contribution in [0.4, 0.5) is 0 Å². The molecule has 1 saturated carbocycles. The van der Waals surface area contributed by atoms with Gasteiger partial charge in [-0.25, -0.2) is 0 Å². The monoisotopic (exact) mass is 242 g/mol. The molecule has 1 rings (SSSR count). The highest BCUT2D eigenvalue weighted by atomic mass is 16.4. The van der Waals surface area contributed by atoms with Crippen LogP contribution in [0.25, 0.3) is 0 Å². The second-order valence-electron chi connectivity index (χ2n) is 5.07. The molecule has 4 N–H and O–H groups in total. The van der Waals surface area contributed by atoms with Crippen LogP contribution in [0.1, 0.15) is 39.0 Å². The quantitative estimate of drug-likeness (QED) is 0.640. The molecule has 0 bridgehead atoms. The molecule has 0 spiro atoms. The van der Waals surface area contributed by atoms with Gasteiger partial charge in [-0.05, 0) is 31.1 Å². The van der Waals surface area contributed by atoms with E-state index in [9.17, 15) is 9.59 Å². The van der Waals surface area contributed by atoms with Gasteiger partial charge in [-0.15, -0.1) is 0 Å². The van der Waals surface area contributed by atoms with Gasteiger partial charge < -0.3 is 16.2 Å². The van der Waals surface area contributed by atoms with Crippen molar-refractivity contribution in [3.8, 4) is 0 Å². The van der Waals surface area contributed by atoms with Crippen LogP contribution in [0.5, 0.6) is 0 Å². The van der Waals surface area contributed by atoms with Crippen molar-refractivity contribution in [1.29, 1.82) is 0 Å². The lowest BCUT2D eigenvalue weighted by Gasteiger charge is -2.14. The van der Waals surface area contributed by atoms with Gasteiger partial charge in [-0.3, -0.25) is 9.59 Å². The largest absolute Gasteiger partial charge is 0.481 e. The van der Waals surface area contributed by atoms with Crippen LogP contribution in [0.3, 0.4) is 0 Å². The Hall–Kier alpha value is -1.10. The molecule has 0 aliphatic heterocycles. The number of carbonyl (C=O) groups is 2. The number of nitrogens with two attached hydrogens (primary N) is 1. The summed E-state index contributed by atoms with van der Waals surface area (Å²) in [5.41, 5.74) is 5.60. The van der Waals surface area contributed by atoms with Gasteiger partial charge in [-0.1, -0.05) is 13.3 Å². The molecule has 1 amide bonds. The molecule has 1 fully saturated rings. The summed E-state index contributed by atoms with van der Waals surface area (Å²) in [5, 5.41) is 11.3. The van der Waals surface area contributed by atoms with Crippen molar-refractivity contribution in [3.63, 3.8) is 0 Å². The van der Waals surface area contributed by atoms with Crippen molar-refractivity contribution >= 4 is 11.9 Å². The minimum Gasteiger partial charge on any atom is -0.481 e. The van der Waals surface area contributed by atoms with Crippen molar-refractivity contribution in [1.82, 2.24) is 5.32 Å². The van der Waals surface area contributed by atoms with Crippen molar-refractivity contribution < 1.29 is 14.7 Å². The molecule has 0 aromatic rings. The molecule has 3 unspecified atom stereocenters. The number of carbonyl (C=O) groups excluding carboxylic acids is 1. The molecule has 1 aliphatic rings. The van der Waals surface area contributed by atoms with Gasteiger partial charge in [0, 0.05) is 13.0 Å². The highest BCUT2D eigenvalue weighted by Crippen LogP contribution is 2.29. The van der Waals surface area contributed by atoms with Gasteiger partial charge in [0.15, 0.2) is 0 Å². The van der Waals surface area contributed by atoms with Crippen LogP contribution in [0.2, 0.25) is 0 Å². The van der Waals surface area contributed by atoms with Crippen molar-refractivity contribution in [3.05, 3.63) is 0 Å². The molecule has 17 heavy (non-hydrogen) atoms. The number of carboxylic acid groups (broad SMARTS) is 1. The minimum absolute atomic E-state index is 0.0605. The Bertz CT molecular complexity index is 281. The van der Waals surface area contributed by atoms with Gasteiger partial charge in [0.25, 0.3) is 0 Å². The van der Waals surface area contributed by atoms with E-state index < -0.39 is 12.0 Å². The average Bonchev–Trinajstić information content (AvgIpc) is 2.68. The third-order valence-corrected chi connectivity index (χ3v) is 3.37. The van der Waals surface area contributed by atoms with Crippen LogP contribution in [-0.4, -0.2) is 29.6 Å². The molecular weight excluding hydrogens is 220 g/mol. The highest BCUT2D eigenvalue weighted by molar-refractivity contribution is 5.82. The predicted molar refractivity (Wildman–Crippen MR) is 64.4 cm³/mol. The number of carboxylic acids is 1. The second kappa shape index (κ2) is 6.59. The van der Waals surface area contributed by atoms with E-state index in [1.807, 2.05) is 0 Å². The summed E-state index contributed by atoms with van der Waals surface area (Å²) in [7, 11) is 0. The Balaban J connectivity index is 2.17. The lowest BCUT2D eigenvalue weighted by atomic mass is 10.1. The standard InChI is InChI=1S/C12H22N2O3/c1-8-2-3-9(6-8)7-14-12(17)10(13)4-5-11(15)16/h8-10H,2-7,13H2,1H3,(H,14,17)(H,15,16). The summed E-state index contributed by atoms with van der Waals surface area (Å²) in [6, 6.07) is -0.704. The average molecular weight is 242 g/mol. The zero-order valence-corrected chi connectivity index (χ0v) is 10.3. The van der Waals surface area contributed by atoms with Gasteiger partial charge >= 0.3 is 5.97 Å². The molecule has 0 heterocycles. The Kier molecular flexibility index (Phi) is 5.41. The van der Waals surface area contributed by atoms with Crippen molar-refractivity contribution in [2.75, 3.05) is 6.54 Å². The fourth-order valence-electron chi connectivity index (χ4n) is 2.30. The van der Waals surface area contributed by atoms with Crippen LogP contribution < -0.4 is 11.1 Å². The van der Waals surface area contributed by atoms with E-state index in [4.69, 9.17) is 10.8 Å². The maximum atomic E-state index is 11.6. The van der Waals surface area contributed by atoms with E-state index in [1.54, 1.807) is 0 Å². The number of hydrogen-bond donors (Lipinski definition) is 3. The maximum absolute atomic E-state index is 11.6. The Labute approximate surface area is 102 Å². The molecule has 3 atom stereocenters. The lowest BCUT2D eigenvalue weighted by Crippen LogP contribution is -2.42. The minimum atomic E-state index is -0.919. The summed E-state index contributed by atoms with van der Waals surface area (Å²) in [5.74, 6) is 0.155. The number of nitrogens with one attached hydrogen (secondary N) is 1. The molecule has 98 valence electrons. The van der Waals surface area contributed by atoms with Crippen molar-refractivity contribution in [2.24, 2.45) is 17.6 Å². The number of hydrogen-bond acceptors (Lipinski definition) is 3. The van der Waals surface area contributed by atoms with E-state index in [1.165, 1.54) is 6.42 Å². The van der Waals surface area contributed by atoms with Gasteiger partial charge in [0.1, 0.15) is 0 Å². The summed E-state index contributed by atoms with van der Waals surface area (Å²) in [6.07, 6.45) is 3.68. The molecule has 0 aromatic heterocycles. The van der Waals surface area contributed by atoms with Crippen LogP contribution >= 0.6 is 0 Å². The first-order valence-electron chi connectivity index (χ1n) is 6.24. The fraction of sp³-hybridized carbons (Fsp3) is 0.833. The zero-order chi connectivity index (χ0) is 12.8. The Morgan fingerprint density at radius 2 is 2.18 bits per heavy atom. The topological polar surface area (TPSA) is 92.4 Å². The van der Waals surface area contributed by atoms with E-state index in [2.05, 4.69) is 12.2 Å². The third kappa shape index (κ3) is 5.17. The molecule has 0 radical (unpaired) electrons. The van der Waals surface area contributed by atoms with Crippen molar-refractivity contribution in [2.45, 2.75) is 45.1 Å². The van der Waals surface area contributed by atoms with Crippen LogP contribution in [-0.2, 0) is 9.59 Å². The number of aliphatic carboxylic acids is 1. The van der Waals surface area contributed by atoms with Crippen LogP contribution in [0.15, 0.2) is 0 Å². The first-order valence-corrected chi connectivity index (χ1v) is 6.24. The lowest BCUT2D eigenvalue weighted by molar-refractivity contribution is -0.137. The maximum Gasteiger partial charge on any atom is 0.303 e. The smallest absolute Gasteiger partial charge is 0.303 e. The first-order chi connectivity index (χ1) is 7.99. The number of amides is 1. The van der Waals surface area contributed by atoms with Gasteiger partial charge in [-0.2, -0.15) is 0 Å². The van der Waals surface area contributed by atoms with Gasteiger partial charge in [0.2, 0.25) is 5.91 Å². The summed E-state index contributed by atoms with van der Waals surface area (Å²) >= 11 is 0. The third-order valence-electron chi connectivity index (χ3n) is 3.37. The Morgan fingerprint density at radius 1 is 1.47 bits per heavy atom. The first kappa shape index (κ1) is 14.0. The van der Waals surface area contributed by atoms with Crippen LogP contribution in [0, 0.1) is 11.8 Å². The summed E-state index contributed by atoms with van der Waals surface area (Å²) in [6.45, 7) is 2.89.